The molecule has 0 aromatic heterocycles. The van der Waals surface area contributed by atoms with Crippen molar-refractivity contribution < 1.29 is 4.79 Å². The van der Waals surface area contributed by atoms with Crippen LogP contribution in [0.4, 0.5) is 0 Å². The van der Waals surface area contributed by atoms with E-state index in [9.17, 15) is 4.79 Å². The van der Waals surface area contributed by atoms with Crippen molar-refractivity contribution in [2.45, 2.75) is 40.2 Å². The van der Waals surface area contributed by atoms with E-state index >= 15 is 0 Å². The summed E-state index contributed by atoms with van der Waals surface area (Å²) in [6.45, 7) is 8.91. The van der Waals surface area contributed by atoms with Crippen LogP contribution in [-0.4, -0.2) is 5.91 Å². The van der Waals surface area contributed by atoms with Gasteiger partial charge < -0.3 is 5.32 Å². The lowest BCUT2D eigenvalue weighted by molar-refractivity contribution is 0.0964. The maximum atomic E-state index is 11.5. The van der Waals surface area contributed by atoms with E-state index in [-0.39, 0.29) is 5.91 Å². The number of rotatable bonds is 1. The van der Waals surface area contributed by atoms with Crippen LogP contribution >= 0.6 is 0 Å². The first-order valence-electron chi connectivity index (χ1n) is 5.60. The highest BCUT2D eigenvalue weighted by atomic mass is 16.1. The first kappa shape index (κ1) is 11.8. The van der Waals surface area contributed by atoms with Gasteiger partial charge in [0.2, 0.25) is 0 Å². The van der Waals surface area contributed by atoms with Crippen LogP contribution < -0.4 is 5.32 Å². The standard InChI is InChI=1S/C11H13NO.C2H6/c1-7(2)9-5-3-4-8-6-12-11(13)10(8)9;1-2/h3-5,7H,6H2,1-2H3,(H,12,13);1-2H3. The predicted octanol–water partition coefficient (Wildman–Crippen LogP) is 3.08. The Labute approximate surface area is 91.7 Å². The smallest absolute Gasteiger partial charge is 0.252 e. The van der Waals surface area contributed by atoms with Gasteiger partial charge in [0.15, 0.2) is 0 Å². The molecule has 0 spiro atoms. The molecule has 0 unspecified atom stereocenters. The van der Waals surface area contributed by atoms with E-state index in [1.54, 1.807) is 0 Å². The Morgan fingerprint density at radius 3 is 2.53 bits per heavy atom. The third-order valence-corrected chi connectivity index (χ3v) is 2.47. The highest BCUT2D eigenvalue weighted by Crippen LogP contribution is 2.25. The third kappa shape index (κ3) is 2.20. The zero-order chi connectivity index (χ0) is 11.4. The molecular formula is C13H19NO. The molecule has 0 atom stereocenters. The highest BCUT2D eigenvalue weighted by molar-refractivity contribution is 5.99. The van der Waals surface area contributed by atoms with Crippen LogP contribution in [0.2, 0.25) is 0 Å². The number of fused-ring (bicyclic) bond motifs is 1. The monoisotopic (exact) mass is 205 g/mol. The van der Waals surface area contributed by atoms with Crippen molar-refractivity contribution in [2.24, 2.45) is 0 Å². The van der Waals surface area contributed by atoms with Gasteiger partial charge in [0.1, 0.15) is 0 Å². The molecule has 1 amide bonds. The van der Waals surface area contributed by atoms with Gasteiger partial charge in [0.25, 0.3) is 5.91 Å². The average molecular weight is 205 g/mol. The molecule has 2 heteroatoms. The van der Waals surface area contributed by atoms with Crippen LogP contribution in [-0.2, 0) is 6.54 Å². The number of amides is 1. The normalized spacial score (nSPS) is 13.0. The summed E-state index contributed by atoms with van der Waals surface area (Å²) >= 11 is 0. The van der Waals surface area contributed by atoms with E-state index in [2.05, 4.69) is 19.2 Å². The lowest BCUT2D eigenvalue weighted by Gasteiger charge is -2.08. The molecule has 0 radical (unpaired) electrons. The second-order valence-corrected chi connectivity index (χ2v) is 3.72. The molecule has 1 aromatic rings. The lowest BCUT2D eigenvalue weighted by atomic mass is 9.95. The van der Waals surface area contributed by atoms with Gasteiger partial charge in [0.05, 0.1) is 0 Å². The van der Waals surface area contributed by atoms with Gasteiger partial charge in [-0.2, -0.15) is 0 Å². The fourth-order valence-electron chi connectivity index (χ4n) is 1.79. The van der Waals surface area contributed by atoms with Gasteiger partial charge in [-0.3, -0.25) is 4.79 Å². The fraction of sp³-hybridized carbons (Fsp3) is 0.462. The molecule has 15 heavy (non-hydrogen) atoms. The van der Waals surface area contributed by atoms with Crippen molar-refractivity contribution in [3.05, 3.63) is 34.9 Å². The average Bonchev–Trinajstić information content (AvgIpc) is 2.63. The van der Waals surface area contributed by atoms with Gasteiger partial charge in [-0.25, -0.2) is 0 Å². The zero-order valence-corrected chi connectivity index (χ0v) is 9.92. The minimum atomic E-state index is 0.0827. The zero-order valence-electron chi connectivity index (χ0n) is 9.92. The molecule has 0 aliphatic carbocycles. The van der Waals surface area contributed by atoms with E-state index in [0.29, 0.717) is 12.5 Å². The minimum Gasteiger partial charge on any atom is -0.348 e. The van der Waals surface area contributed by atoms with Gasteiger partial charge >= 0.3 is 0 Å². The molecule has 1 heterocycles. The van der Waals surface area contributed by atoms with Crippen molar-refractivity contribution in [2.75, 3.05) is 0 Å². The summed E-state index contributed by atoms with van der Waals surface area (Å²) in [7, 11) is 0. The third-order valence-electron chi connectivity index (χ3n) is 2.47. The van der Waals surface area contributed by atoms with Crippen LogP contribution in [0.25, 0.3) is 0 Å². The molecule has 2 nitrogen and oxygen atoms in total. The van der Waals surface area contributed by atoms with Crippen molar-refractivity contribution in [1.29, 1.82) is 0 Å². The van der Waals surface area contributed by atoms with Crippen molar-refractivity contribution in [3.8, 4) is 0 Å². The molecule has 0 bridgehead atoms. The topological polar surface area (TPSA) is 29.1 Å². The van der Waals surface area contributed by atoms with Gasteiger partial charge in [-0.15, -0.1) is 0 Å². The quantitative estimate of drug-likeness (QED) is 0.750. The van der Waals surface area contributed by atoms with E-state index < -0.39 is 0 Å². The first-order chi connectivity index (χ1) is 7.20. The molecule has 0 saturated carbocycles. The molecule has 82 valence electrons. The van der Waals surface area contributed by atoms with Crippen LogP contribution in [0.3, 0.4) is 0 Å². The molecule has 1 aromatic carbocycles. The Bertz CT molecular complexity index is 356. The van der Waals surface area contributed by atoms with E-state index in [1.165, 1.54) is 0 Å². The predicted molar refractivity (Wildman–Crippen MR) is 63.0 cm³/mol. The van der Waals surface area contributed by atoms with Crippen molar-refractivity contribution in [1.82, 2.24) is 5.32 Å². The van der Waals surface area contributed by atoms with Gasteiger partial charge in [-0.1, -0.05) is 45.9 Å². The van der Waals surface area contributed by atoms with Crippen molar-refractivity contribution >= 4 is 5.91 Å². The Balaban J connectivity index is 0.000000531. The number of carbonyl (C=O) groups is 1. The summed E-state index contributed by atoms with van der Waals surface area (Å²) < 4.78 is 0. The van der Waals surface area contributed by atoms with Crippen LogP contribution in [0, 0.1) is 0 Å². The molecule has 1 aliphatic rings. The number of benzene rings is 1. The minimum absolute atomic E-state index is 0.0827. The molecule has 1 aliphatic heterocycles. The molecule has 0 fully saturated rings. The van der Waals surface area contributed by atoms with Crippen molar-refractivity contribution in [3.63, 3.8) is 0 Å². The summed E-state index contributed by atoms with van der Waals surface area (Å²) in [4.78, 5) is 11.5. The number of hydrogen-bond acceptors (Lipinski definition) is 1. The van der Waals surface area contributed by atoms with Gasteiger partial charge in [-0.05, 0) is 17.0 Å². The summed E-state index contributed by atoms with van der Waals surface area (Å²) in [6, 6.07) is 6.07. The van der Waals surface area contributed by atoms with Crippen LogP contribution in [0.5, 0.6) is 0 Å². The van der Waals surface area contributed by atoms with E-state index in [1.807, 2.05) is 32.0 Å². The van der Waals surface area contributed by atoms with Crippen LogP contribution in [0.15, 0.2) is 18.2 Å². The van der Waals surface area contributed by atoms with Gasteiger partial charge in [0, 0.05) is 12.1 Å². The second-order valence-electron chi connectivity index (χ2n) is 3.72. The van der Waals surface area contributed by atoms with Crippen LogP contribution in [0.1, 0.15) is 55.1 Å². The Morgan fingerprint density at radius 1 is 1.27 bits per heavy atom. The summed E-state index contributed by atoms with van der Waals surface area (Å²) in [5, 5.41) is 2.84. The largest absolute Gasteiger partial charge is 0.348 e. The Hall–Kier alpha value is -1.31. The fourth-order valence-corrected chi connectivity index (χ4v) is 1.79. The van der Waals surface area contributed by atoms with E-state index in [0.717, 1.165) is 16.7 Å². The summed E-state index contributed by atoms with van der Waals surface area (Å²) in [5.74, 6) is 0.498. The maximum Gasteiger partial charge on any atom is 0.252 e. The first-order valence-corrected chi connectivity index (χ1v) is 5.60. The molecular weight excluding hydrogens is 186 g/mol. The molecule has 1 N–H and O–H groups in total. The summed E-state index contributed by atoms with van der Waals surface area (Å²) in [6.07, 6.45) is 0. The Kier molecular flexibility index (Phi) is 3.89. The highest BCUT2D eigenvalue weighted by Gasteiger charge is 2.22. The number of carbonyl (C=O) groups excluding carboxylic acids is 1. The second kappa shape index (κ2) is 4.96. The maximum absolute atomic E-state index is 11.5. The Morgan fingerprint density at radius 2 is 1.93 bits per heavy atom. The summed E-state index contributed by atoms with van der Waals surface area (Å²) in [5.41, 5.74) is 3.20. The number of nitrogens with one attached hydrogen (secondary N) is 1. The number of hydrogen-bond donors (Lipinski definition) is 1. The molecule has 0 saturated heterocycles. The SMILES string of the molecule is CC.CC(C)c1cccc2c1C(=O)NC2. The lowest BCUT2D eigenvalue weighted by Crippen LogP contribution is -2.14. The molecule has 2 rings (SSSR count). The van der Waals surface area contributed by atoms with E-state index in [4.69, 9.17) is 0 Å².